The number of rotatable bonds is 5. The molecule has 34 heavy (non-hydrogen) atoms. The van der Waals surface area contributed by atoms with Crippen LogP contribution in [0, 0.1) is 13.8 Å². The summed E-state index contributed by atoms with van der Waals surface area (Å²) in [6.07, 6.45) is 2.02. The highest BCUT2D eigenvalue weighted by Crippen LogP contribution is 2.40. The van der Waals surface area contributed by atoms with Gasteiger partial charge in [0.05, 0.1) is 24.1 Å². The quantitative estimate of drug-likeness (QED) is 0.340. The fourth-order valence-corrected chi connectivity index (χ4v) is 5.11. The molecule has 1 unspecified atom stereocenters. The first kappa shape index (κ1) is 22.3. The van der Waals surface area contributed by atoms with E-state index in [-0.39, 0.29) is 17.1 Å². The zero-order valence-corrected chi connectivity index (χ0v) is 20.4. The number of amides is 1. The van der Waals surface area contributed by atoms with Crippen LogP contribution < -0.4 is 10.2 Å². The second-order valence-corrected chi connectivity index (χ2v) is 9.47. The smallest absolute Gasteiger partial charge is 0.291 e. The van der Waals surface area contributed by atoms with Gasteiger partial charge in [-0.1, -0.05) is 30.3 Å². The summed E-state index contributed by atoms with van der Waals surface area (Å²) in [5.41, 5.74) is 4.40. The number of fused-ring (bicyclic) bond motifs is 2. The Morgan fingerprint density at radius 3 is 2.35 bits per heavy atom. The largest absolute Gasteiger partial charge is 0.497 e. The minimum Gasteiger partial charge on any atom is -0.497 e. The molecule has 3 aromatic carbocycles. The number of ether oxygens (including phenoxy) is 1. The number of methoxy groups -OCH3 is 1. The lowest BCUT2D eigenvalue weighted by Crippen LogP contribution is -2.29. The molecule has 1 atom stereocenters. The fourth-order valence-electron chi connectivity index (χ4n) is 4.70. The van der Waals surface area contributed by atoms with E-state index in [1.807, 2.05) is 80.8 Å². The number of thioether (sulfide) groups is 1. The highest BCUT2D eigenvalue weighted by atomic mass is 32.2. The summed E-state index contributed by atoms with van der Waals surface area (Å²) in [4.78, 5) is 30.3. The normalized spacial score (nSPS) is 15.1. The molecule has 1 aliphatic heterocycles. The molecule has 5 rings (SSSR count). The van der Waals surface area contributed by atoms with Crippen LogP contribution in [-0.2, 0) is 6.54 Å². The molecular formula is C28H25NO4S. The van der Waals surface area contributed by atoms with Crippen molar-refractivity contribution in [3.8, 4) is 5.75 Å². The first-order valence-corrected chi connectivity index (χ1v) is 12.3. The van der Waals surface area contributed by atoms with E-state index in [0.29, 0.717) is 23.1 Å². The summed E-state index contributed by atoms with van der Waals surface area (Å²) >= 11 is 1.65. The molecular weight excluding hydrogens is 446 g/mol. The monoisotopic (exact) mass is 471 g/mol. The SMILES string of the molecule is COc1ccc(CN2C(=O)c3oc4c(C)cc(C)cc4c(=O)c3C2c2ccc(SC)cc2)cc1. The molecule has 0 saturated carbocycles. The van der Waals surface area contributed by atoms with Crippen LogP contribution in [0.25, 0.3) is 11.0 Å². The molecule has 172 valence electrons. The number of hydrogen-bond donors (Lipinski definition) is 0. The highest BCUT2D eigenvalue weighted by Gasteiger charge is 2.42. The molecule has 1 aromatic heterocycles. The molecule has 0 aliphatic carbocycles. The van der Waals surface area contributed by atoms with Gasteiger partial charge in [0.25, 0.3) is 5.91 Å². The minimum atomic E-state index is -0.526. The number of nitrogens with zero attached hydrogens (tertiary/aromatic N) is 1. The summed E-state index contributed by atoms with van der Waals surface area (Å²) in [6.45, 7) is 4.20. The van der Waals surface area contributed by atoms with Gasteiger partial charge in [-0.3, -0.25) is 9.59 Å². The first-order chi connectivity index (χ1) is 16.4. The predicted octanol–water partition coefficient (Wildman–Crippen LogP) is 5.89. The van der Waals surface area contributed by atoms with E-state index in [4.69, 9.17) is 9.15 Å². The van der Waals surface area contributed by atoms with Gasteiger partial charge in [0, 0.05) is 11.4 Å². The van der Waals surface area contributed by atoms with Crippen molar-refractivity contribution in [1.29, 1.82) is 0 Å². The van der Waals surface area contributed by atoms with Crippen molar-refractivity contribution < 1.29 is 13.9 Å². The zero-order chi connectivity index (χ0) is 24.0. The highest BCUT2D eigenvalue weighted by molar-refractivity contribution is 7.98. The van der Waals surface area contributed by atoms with Gasteiger partial charge in [-0.2, -0.15) is 0 Å². The molecule has 4 aromatic rings. The van der Waals surface area contributed by atoms with Gasteiger partial charge in [-0.25, -0.2) is 0 Å². The standard InChI is InChI=1S/C28H25NO4S/c1-16-13-17(2)26-22(14-16)25(30)23-24(19-7-11-21(34-4)12-8-19)29(28(31)27(23)33-26)15-18-5-9-20(32-3)10-6-18/h5-14,24H,15H2,1-4H3. The maximum Gasteiger partial charge on any atom is 0.291 e. The molecule has 1 aliphatic rings. The molecule has 0 radical (unpaired) electrons. The third-order valence-electron chi connectivity index (χ3n) is 6.34. The average molecular weight is 472 g/mol. The van der Waals surface area contributed by atoms with Gasteiger partial charge >= 0.3 is 0 Å². The van der Waals surface area contributed by atoms with Crippen LogP contribution in [0.15, 0.2) is 74.8 Å². The maximum atomic E-state index is 13.8. The molecule has 0 bridgehead atoms. The van der Waals surface area contributed by atoms with Crippen LogP contribution in [0.1, 0.15) is 44.4 Å². The Morgan fingerprint density at radius 1 is 1.00 bits per heavy atom. The van der Waals surface area contributed by atoms with Crippen molar-refractivity contribution in [2.45, 2.75) is 31.3 Å². The summed E-state index contributed by atoms with van der Waals surface area (Å²) in [5, 5.41) is 0.515. The lowest BCUT2D eigenvalue weighted by atomic mass is 9.97. The first-order valence-electron chi connectivity index (χ1n) is 11.1. The molecule has 2 heterocycles. The second-order valence-electron chi connectivity index (χ2n) is 8.59. The number of hydrogen-bond acceptors (Lipinski definition) is 5. The van der Waals surface area contributed by atoms with Crippen LogP contribution in [0.2, 0.25) is 0 Å². The van der Waals surface area contributed by atoms with Gasteiger partial charge in [0.2, 0.25) is 5.76 Å². The second kappa shape index (κ2) is 8.69. The molecule has 0 saturated heterocycles. The van der Waals surface area contributed by atoms with Gasteiger partial charge in [-0.15, -0.1) is 11.8 Å². The van der Waals surface area contributed by atoms with Gasteiger partial charge in [0.15, 0.2) is 5.43 Å². The van der Waals surface area contributed by atoms with Crippen molar-refractivity contribution in [2.24, 2.45) is 0 Å². The Bertz CT molecular complexity index is 1460. The maximum absolute atomic E-state index is 13.8. The molecule has 0 fully saturated rings. The van der Waals surface area contributed by atoms with E-state index in [1.165, 1.54) is 0 Å². The number of aryl methyl sites for hydroxylation is 2. The third-order valence-corrected chi connectivity index (χ3v) is 7.08. The van der Waals surface area contributed by atoms with Gasteiger partial charge in [0.1, 0.15) is 11.3 Å². The van der Waals surface area contributed by atoms with Crippen molar-refractivity contribution in [3.63, 3.8) is 0 Å². The predicted molar refractivity (Wildman–Crippen MR) is 135 cm³/mol. The molecule has 0 N–H and O–H groups in total. The fraction of sp³-hybridized carbons (Fsp3) is 0.214. The molecule has 5 nitrogen and oxygen atoms in total. The van der Waals surface area contributed by atoms with Crippen molar-refractivity contribution >= 4 is 28.6 Å². The Morgan fingerprint density at radius 2 is 1.71 bits per heavy atom. The van der Waals surface area contributed by atoms with Crippen LogP contribution in [0.3, 0.4) is 0 Å². The summed E-state index contributed by atoms with van der Waals surface area (Å²) in [6, 6.07) is 18.9. The van der Waals surface area contributed by atoms with E-state index < -0.39 is 6.04 Å². The van der Waals surface area contributed by atoms with Crippen LogP contribution in [0.5, 0.6) is 5.75 Å². The Balaban J connectivity index is 1.70. The molecule has 6 heteroatoms. The lowest BCUT2D eigenvalue weighted by Gasteiger charge is -2.25. The van der Waals surface area contributed by atoms with E-state index in [9.17, 15) is 9.59 Å². The van der Waals surface area contributed by atoms with Crippen LogP contribution in [-0.4, -0.2) is 24.2 Å². The van der Waals surface area contributed by atoms with Gasteiger partial charge in [-0.05, 0) is 72.7 Å². The van der Waals surface area contributed by atoms with Crippen LogP contribution >= 0.6 is 11.8 Å². The lowest BCUT2D eigenvalue weighted by molar-refractivity contribution is 0.0714. The zero-order valence-electron chi connectivity index (χ0n) is 19.5. The van der Waals surface area contributed by atoms with E-state index in [2.05, 4.69) is 0 Å². The van der Waals surface area contributed by atoms with E-state index in [0.717, 1.165) is 32.9 Å². The van der Waals surface area contributed by atoms with Crippen molar-refractivity contribution in [2.75, 3.05) is 13.4 Å². The molecule has 0 spiro atoms. The van der Waals surface area contributed by atoms with Crippen molar-refractivity contribution in [3.05, 3.63) is 104 Å². The number of benzene rings is 3. The average Bonchev–Trinajstić information content (AvgIpc) is 3.12. The topological polar surface area (TPSA) is 59.8 Å². The van der Waals surface area contributed by atoms with Gasteiger partial charge < -0.3 is 14.1 Å². The van der Waals surface area contributed by atoms with E-state index >= 15 is 0 Å². The minimum absolute atomic E-state index is 0.136. The number of carbonyl (C=O) groups excluding carboxylic acids is 1. The summed E-state index contributed by atoms with van der Waals surface area (Å²) in [7, 11) is 1.62. The Hall–Kier alpha value is -3.51. The van der Waals surface area contributed by atoms with E-state index in [1.54, 1.807) is 23.8 Å². The summed E-state index contributed by atoms with van der Waals surface area (Å²) < 4.78 is 11.4. The Labute approximate surface area is 202 Å². The number of carbonyl (C=O) groups is 1. The molecule has 1 amide bonds. The van der Waals surface area contributed by atoms with Crippen molar-refractivity contribution in [1.82, 2.24) is 4.90 Å². The Kier molecular flexibility index (Phi) is 5.70. The summed E-state index contributed by atoms with van der Waals surface area (Å²) in [5.74, 6) is 0.610. The van der Waals surface area contributed by atoms with Crippen LogP contribution in [0.4, 0.5) is 0 Å². The third kappa shape index (κ3) is 3.68.